The summed E-state index contributed by atoms with van der Waals surface area (Å²) in [6.45, 7) is 6.56. The Morgan fingerprint density at radius 1 is 0.923 bits per heavy atom. The molecule has 0 radical (unpaired) electrons. The Bertz CT molecular complexity index is 810. The van der Waals surface area contributed by atoms with Gasteiger partial charge >= 0.3 is 0 Å². The number of ether oxygens (including phenoxy) is 1. The second-order valence-corrected chi connectivity index (χ2v) is 7.37. The normalized spacial score (nSPS) is 16.2. The molecule has 0 unspecified atom stereocenters. The standard InChI is InChI=1S/C22H29N3O/c1-4-18-21(17-13-15-9-8-10-16(15)14-20(17)26-3)23-19(5-2)22(24-18)25-11-6-7-12-25/h13-14H,4-12H2,1-3H3. The Morgan fingerprint density at radius 2 is 1.62 bits per heavy atom. The maximum Gasteiger partial charge on any atom is 0.150 e. The molecule has 2 aliphatic rings. The minimum absolute atomic E-state index is 0.882. The van der Waals surface area contributed by atoms with Crippen LogP contribution in [-0.4, -0.2) is 30.2 Å². The molecule has 1 saturated heterocycles. The first kappa shape index (κ1) is 17.3. The van der Waals surface area contributed by atoms with Gasteiger partial charge in [0.15, 0.2) is 5.82 Å². The molecule has 0 bridgehead atoms. The lowest BCUT2D eigenvalue weighted by atomic mass is 10.0. The van der Waals surface area contributed by atoms with Crippen LogP contribution < -0.4 is 9.64 Å². The van der Waals surface area contributed by atoms with E-state index in [0.29, 0.717) is 0 Å². The molecule has 0 amide bonds. The summed E-state index contributed by atoms with van der Waals surface area (Å²) in [5.41, 5.74) is 7.20. The van der Waals surface area contributed by atoms with Crippen molar-refractivity contribution in [3.8, 4) is 17.0 Å². The fraction of sp³-hybridized carbons (Fsp3) is 0.545. The van der Waals surface area contributed by atoms with E-state index in [0.717, 1.165) is 73.0 Å². The van der Waals surface area contributed by atoms with Crippen LogP contribution >= 0.6 is 0 Å². The summed E-state index contributed by atoms with van der Waals surface area (Å²) < 4.78 is 5.75. The van der Waals surface area contributed by atoms with Crippen molar-refractivity contribution < 1.29 is 4.74 Å². The van der Waals surface area contributed by atoms with Crippen LogP contribution in [0.3, 0.4) is 0 Å². The van der Waals surface area contributed by atoms with Crippen LogP contribution in [-0.2, 0) is 25.7 Å². The molecule has 138 valence electrons. The van der Waals surface area contributed by atoms with Gasteiger partial charge in [-0.3, -0.25) is 0 Å². The second-order valence-electron chi connectivity index (χ2n) is 7.37. The molecule has 0 saturated carbocycles. The van der Waals surface area contributed by atoms with Crippen molar-refractivity contribution in [1.82, 2.24) is 9.97 Å². The quantitative estimate of drug-likeness (QED) is 0.802. The first-order chi connectivity index (χ1) is 12.7. The van der Waals surface area contributed by atoms with E-state index in [2.05, 4.69) is 30.9 Å². The van der Waals surface area contributed by atoms with Crippen LogP contribution in [0.5, 0.6) is 5.75 Å². The fourth-order valence-electron chi connectivity index (χ4n) is 4.33. The van der Waals surface area contributed by atoms with Gasteiger partial charge in [0.05, 0.1) is 24.2 Å². The highest BCUT2D eigenvalue weighted by Gasteiger charge is 2.23. The fourth-order valence-corrected chi connectivity index (χ4v) is 4.33. The molecule has 2 aromatic rings. The van der Waals surface area contributed by atoms with Crippen molar-refractivity contribution in [1.29, 1.82) is 0 Å². The molecule has 0 spiro atoms. The predicted octanol–water partition coefficient (Wildman–Crippen LogP) is 4.37. The first-order valence-corrected chi connectivity index (χ1v) is 10.1. The lowest BCUT2D eigenvalue weighted by Gasteiger charge is -2.22. The minimum Gasteiger partial charge on any atom is -0.496 e. The molecule has 4 heteroatoms. The third-order valence-electron chi connectivity index (χ3n) is 5.76. The Kier molecular flexibility index (Phi) is 4.84. The number of aryl methyl sites for hydroxylation is 4. The van der Waals surface area contributed by atoms with Crippen molar-refractivity contribution >= 4 is 5.82 Å². The number of benzene rings is 1. The van der Waals surface area contributed by atoms with Crippen molar-refractivity contribution in [3.05, 3.63) is 34.6 Å². The van der Waals surface area contributed by atoms with Gasteiger partial charge in [-0.05, 0) is 68.2 Å². The highest BCUT2D eigenvalue weighted by Crippen LogP contribution is 2.38. The molecule has 1 aromatic carbocycles. The van der Waals surface area contributed by atoms with E-state index in [-0.39, 0.29) is 0 Å². The van der Waals surface area contributed by atoms with E-state index in [4.69, 9.17) is 14.7 Å². The zero-order valence-corrected chi connectivity index (χ0v) is 16.3. The Labute approximate surface area is 156 Å². The highest BCUT2D eigenvalue weighted by atomic mass is 16.5. The monoisotopic (exact) mass is 351 g/mol. The third-order valence-corrected chi connectivity index (χ3v) is 5.76. The van der Waals surface area contributed by atoms with Crippen LogP contribution in [0.25, 0.3) is 11.3 Å². The van der Waals surface area contributed by atoms with Gasteiger partial charge < -0.3 is 9.64 Å². The van der Waals surface area contributed by atoms with Crippen molar-refractivity contribution in [2.45, 2.75) is 58.8 Å². The summed E-state index contributed by atoms with van der Waals surface area (Å²) in [6, 6.07) is 4.53. The van der Waals surface area contributed by atoms with E-state index in [1.165, 1.54) is 30.4 Å². The predicted molar refractivity (Wildman–Crippen MR) is 106 cm³/mol. The van der Waals surface area contributed by atoms with Crippen molar-refractivity contribution in [2.24, 2.45) is 0 Å². The number of nitrogens with zero attached hydrogens (tertiary/aromatic N) is 3. The first-order valence-electron chi connectivity index (χ1n) is 10.1. The average Bonchev–Trinajstić information content (AvgIpc) is 3.37. The van der Waals surface area contributed by atoms with E-state index >= 15 is 0 Å². The SMILES string of the molecule is CCc1nc(N2CCCC2)c(CC)nc1-c1cc2c(cc1OC)CCC2. The maximum absolute atomic E-state index is 5.75. The Hall–Kier alpha value is -2.10. The molecule has 4 nitrogen and oxygen atoms in total. The topological polar surface area (TPSA) is 38.2 Å². The molecular formula is C22H29N3O. The van der Waals surface area contributed by atoms with Gasteiger partial charge in [0.1, 0.15) is 5.75 Å². The van der Waals surface area contributed by atoms with Crippen LogP contribution in [0.4, 0.5) is 5.82 Å². The number of hydrogen-bond donors (Lipinski definition) is 0. The number of hydrogen-bond acceptors (Lipinski definition) is 4. The Balaban J connectivity index is 1.86. The zero-order valence-electron chi connectivity index (χ0n) is 16.3. The van der Waals surface area contributed by atoms with Gasteiger partial charge in [0.2, 0.25) is 0 Å². The number of anilines is 1. The number of rotatable bonds is 5. The third kappa shape index (κ3) is 2.95. The summed E-state index contributed by atoms with van der Waals surface area (Å²) in [5.74, 6) is 2.04. The van der Waals surface area contributed by atoms with Gasteiger partial charge in [-0.15, -0.1) is 0 Å². The van der Waals surface area contributed by atoms with Gasteiger partial charge in [-0.2, -0.15) is 0 Å². The number of fused-ring (bicyclic) bond motifs is 1. The molecule has 1 fully saturated rings. The lowest BCUT2D eigenvalue weighted by molar-refractivity contribution is 0.415. The van der Waals surface area contributed by atoms with Gasteiger partial charge in [-0.1, -0.05) is 13.8 Å². The summed E-state index contributed by atoms with van der Waals surface area (Å²) in [5, 5.41) is 0. The number of methoxy groups -OCH3 is 1. The molecule has 26 heavy (non-hydrogen) atoms. The largest absolute Gasteiger partial charge is 0.496 e. The van der Waals surface area contributed by atoms with Gasteiger partial charge in [0.25, 0.3) is 0 Å². The zero-order chi connectivity index (χ0) is 18.1. The second kappa shape index (κ2) is 7.26. The Morgan fingerprint density at radius 3 is 2.27 bits per heavy atom. The van der Waals surface area contributed by atoms with Gasteiger partial charge in [-0.25, -0.2) is 9.97 Å². The number of aromatic nitrogens is 2. The smallest absolute Gasteiger partial charge is 0.150 e. The van der Waals surface area contributed by atoms with Crippen molar-refractivity contribution in [2.75, 3.05) is 25.1 Å². The minimum atomic E-state index is 0.882. The van der Waals surface area contributed by atoms with Crippen LogP contribution in [0.15, 0.2) is 12.1 Å². The van der Waals surface area contributed by atoms with Crippen LogP contribution in [0.1, 0.15) is 55.6 Å². The molecule has 1 aliphatic heterocycles. The molecule has 0 N–H and O–H groups in total. The molecule has 1 aliphatic carbocycles. The van der Waals surface area contributed by atoms with E-state index in [9.17, 15) is 0 Å². The summed E-state index contributed by atoms with van der Waals surface area (Å²) in [4.78, 5) is 12.6. The summed E-state index contributed by atoms with van der Waals surface area (Å²) in [7, 11) is 1.76. The maximum atomic E-state index is 5.75. The summed E-state index contributed by atoms with van der Waals surface area (Å²) in [6.07, 6.45) is 7.86. The average molecular weight is 351 g/mol. The van der Waals surface area contributed by atoms with E-state index in [1.54, 1.807) is 7.11 Å². The van der Waals surface area contributed by atoms with Crippen molar-refractivity contribution in [3.63, 3.8) is 0 Å². The van der Waals surface area contributed by atoms with E-state index in [1.807, 2.05) is 0 Å². The highest BCUT2D eigenvalue weighted by molar-refractivity contribution is 5.72. The molecule has 1 aromatic heterocycles. The molecule has 2 heterocycles. The van der Waals surface area contributed by atoms with Gasteiger partial charge in [0, 0.05) is 18.7 Å². The van der Waals surface area contributed by atoms with Crippen LogP contribution in [0, 0.1) is 0 Å². The van der Waals surface area contributed by atoms with E-state index < -0.39 is 0 Å². The lowest BCUT2D eigenvalue weighted by Crippen LogP contribution is -2.22. The molecule has 0 atom stereocenters. The molecular weight excluding hydrogens is 322 g/mol. The molecule has 4 rings (SSSR count). The summed E-state index contributed by atoms with van der Waals surface area (Å²) >= 11 is 0. The van der Waals surface area contributed by atoms with Crippen LogP contribution in [0.2, 0.25) is 0 Å².